The summed E-state index contributed by atoms with van der Waals surface area (Å²) in [5.74, 6) is 1.88. The molecule has 92 valence electrons. The van der Waals surface area contributed by atoms with E-state index in [1.165, 1.54) is 25.7 Å². The second kappa shape index (κ2) is 5.67. The van der Waals surface area contributed by atoms with Crippen LogP contribution in [0.25, 0.3) is 0 Å². The molecule has 2 fully saturated rings. The molecule has 16 heavy (non-hydrogen) atoms. The van der Waals surface area contributed by atoms with Crippen molar-refractivity contribution < 1.29 is 4.79 Å². The van der Waals surface area contributed by atoms with E-state index in [1.54, 1.807) is 0 Å². The zero-order valence-corrected chi connectivity index (χ0v) is 10.4. The second-order valence-electron chi connectivity index (χ2n) is 5.47. The van der Waals surface area contributed by atoms with Crippen LogP contribution in [0.4, 0.5) is 0 Å². The largest absolute Gasteiger partial charge is 0.340 e. The van der Waals surface area contributed by atoms with Crippen LogP contribution in [0.15, 0.2) is 0 Å². The lowest BCUT2D eigenvalue weighted by atomic mass is 9.80. The van der Waals surface area contributed by atoms with Crippen LogP contribution >= 0.6 is 0 Å². The Hall–Kier alpha value is -0.570. The van der Waals surface area contributed by atoms with Crippen LogP contribution in [0.5, 0.6) is 0 Å². The lowest BCUT2D eigenvalue weighted by molar-refractivity contribution is -0.133. The average Bonchev–Trinajstić information content (AvgIpc) is 2.30. The summed E-state index contributed by atoms with van der Waals surface area (Å²) in [4.78, 5) is 14.1. The number of amides is 1. The lowest BCUT2D eigenvalue weighted by Gasteiger charge is -2.31. The van der Waals surface area contributed by atoms with Gasteiger partial charge in [-0.05, 0) is 24.7 Å². The number of carbonyl (C=O) groups is 1. The minimum absolute atomic E-state index is 0.389. The third-order valence-electron chi connectivity index (χ3n) is 3.98. The van der Waals surface area contributed by atoms with Crippen LogP contribution in [-0.4, -0.2) is 37.0 Å². The van der Waals surface area contributed by atoms with Crippen LogP contribution in [0.3, 0.4) is 0 Å². The SMILES string of the molecule is CC1CCCC(CC(=O)N2CCNCC2)C1. The predicted octanol–water partition coefficient (Wildman–Crippen LogP) is 1.63. The molecule has 3 heteroatoms. The van der Waals surface area contributed by atoms with Gasteiger partial charge in [0.2, 0.25) is 5.91 Å². The Balaban J connectivity index is 1.77. The molecule has 3 nitrogen and oxygen atoms in total. The van der Waals surface area contributed by atoms with Crippen LogP contribution in [0.2, 0.25) is 0 Å². The molecule has 0 bridgehead atoms. The fourth-order valence-electron chi connectivity index (χ4n) is 3.04. The van der Waals surface area contributed by atoms with Gasteiger partial charge in [-0.15, -0.1) is 0 Å². The van der Waals surface area contributed by atoms with Crippen molar-refractivity contribution in [1.82, 2.24) is 10.2 Å². The highest BCUT2D eigenvalue weighted by Gasteiger charge is 2.24. The van der Waals surface area contributed by atoms with E-state index in [-0.39, 0.29) is 0 Å². The molecule has 1 saturated heterocycles. The van der Waals surface area contributed by atoms with Gasteiger partial charge >= 0.3 is 0 Å². The maximum atomic E-state index is 12.1. The van der Waals surface area contributed by atoms with Gasteiger partial charge in [0.1, 0.15) is 0 Å². The summed E-state index contributed by atoms with van der Waals surface area (Å²) >= 11 is 0. The number of hydrogen-bond acceptors (Lipinski definition) is 2. The van der Waals surface area contributed by atoms with Gasteiger partial charge in [0.15, 0.2) is 0 Å². The molecule has 1 aliphatic carbocycles. The minimum Gasteiger partial charge on any atom is -0.340 e. The number of carbonyl (C=O) groups excluding carboxylic acids is 1. The molecule has 0 aromatic carbocycles. The summed E-state index contributed by atoms with van der Waals surface area (Å²) in [6.07, 6.45) is 6.00. The Bertz CT molecular complexity index is 236. The lowest BCUT2D eigenvalue weighted by Crippen LogP contribution is -2.46. The molecule has 1 heterocycles. The molecule has 0 radical (unpaired) electrons. The number of piperazine rings is 1. The van der Waals surface area contributed by atoms with E-state index in [4.69, 9.17) is 0 Å². The van der Waals surface area contributed by atoms with Gasteiger partial charge in [0.05, 0.1) is 0 Å². The van der Waals surface area contributed by atoms with Crippen LogP contribution in [0.1, 0.15) is 39.0 Å². The zero-order valence-electron chi connectivity index (χ0n) is 10.4. The van der Waals surface area contributed by atoms with Gasteiger partial charge in [-0.3, -0.25) is 4.79 Å². The first-order valence-corrected chi connectivity index (χ1v) is 6.74. The van der Waals surface area contributed by atoms with Crippen molar-refractivity contribution in [1.29, 1.82) is 0 Å². The molecule has 0 spiro atoms. The Morgan fingerprint density at radius 2 is 2.06 bits per heavy atom. The molecule has 0 aromatic rings. The second-order valence-corrected chi connectivity index (χ2v) is 5.47. The first kappa shape index (κ1) is 11.9. The molecule has 2 unspecified atom stereocenters. The molecular formula is C13H24N2O. The normalized spacial score (nSPS) is 31.4. The van der Waals surface area contributed by atoms with Gasteiger partial charge in [-0.2, -0.15) is 0 Å². The summed E-state index contributed by atoms with van der Waals surface area (Å²) in [5, 5.41) is 3.29. The smallest absolute Gasteiger partial charge is 0.222 e. The molecular weight excluding hydrogens is 200 g/mol. The summed E-state index contributed by atoms with van der Waals surface area (Å²) in [6.45, 7) is 6.06. The van der Waals surface area contributed by atoms with Crippen molar-refractivity contribution in [3.05, 3.63) is 0 Å². The zero-order chi connectivity index (χ0) is 11.4. The fraction of sp³-hybridized carbons (Fsp3) is 0.923. The van der Waals surface area contributed by atoms with E-state index in [1.807, 2.05) is 4.90 Å². The van der Waals surface area contributed by atoms with E-state index in [2.05, 4.69) is 12.2 Å². The number of hydrogen-bond donors (Lipinski definition) is 1. The standard InChI is InChI=1S/C13H24N2O/c1-11-3-2-4-12(9-11)10-13(16)15-7-5-14-6-8-15/h11-12,14H,2-10H2,1H3. The maximum absolute atomic E-state index is 12.1. The molecule has 1 aliphatic heterocycles. The average molecular weight is 224 g/mol. The third kappa shape index (κ3) is 3.21. The molecule has 1 saturated carbocycles. The van der Waals surface area contributed by atoms with Crippen LogP contribution in [-0.2, 0) is 4.79 Å². The van der Waals surface area contributed by atoms with Crippen LogP contribution < -0.4 is 5.32 Å². The first-order valence-electron chi connectivity index (χ1n) is 6.74. The number of nitrogens with one attached hydrogen (secondary N) is 1. The van der Waals surface area contributed by atoms with E-state index >= 15 is 0 Å². The van der Waals surface area contributed by atoms with E-state index in [9.17, 15) is 4.79 Å². The molecule has 2 aliphatic rings. The quantitative estimate of drug-likeness (QED) is 0.773. The van der Waals surface area contributed by atoms with Gasteiger partial charge in [-0.25, -0.2) is 0 Å². The molecule has 2 rings (SSSR count). The fourth-order valence-corrected chi connectivity index (χ4v) is 3.04. The molecule has 1 amide bonds. The Morgan fingerprint density at radius 3 is 2.75 bits per heavy atom. The molecule has 2 atom stereocenters. The number of rotatable bonds is 2. The molecule has 0 aromatic heterocycles. The highest BCUT2D eigenvalue weighted by atomic mass is 16.2. The summed E-state index contributed by atoms with van der Waals surface area (Å²) < 4.78 is 0. The van der Waals surface area contributed by atoms with E-state index < -0.39 is 0 Å². The van der Waals surface area contributed by atoms with Crippen molar-refractivity contribution >= 4 is 5.91 Å². The van der Waals surface area contributed by atoms with Crippen molar-refractivity contribution in [2.24, 2.45) is 11.8 Å². The highest BCUT2D eigenvalue weighted by molar-refractivity contribution is 5.76. The van der Waals surface area contributed by atoms with Crippen molar-refractivity contribution in [2.75, 3.05) is 26.2 Å². The van der Waals surface area contributed by atoms with Crippen molar-refractivity contribution in [2.45, 2.75) is 39.0 Å². The van der Waals surface area contributed by atoms with Gasteiger partial charge in [0.25, 0.3) is 0 Å². The van der Waals surface area contributed by atoms with Crippen molar-refractivity contribution in [3.8, 4) is 0 Å². The van der Waals surface area contributed by atoms with E-state index in [0.717, 1.165) is 38.5 Å². The Labute approximate surface area is 98.6 Å². The van der Waals surface area contributed by atoms with Gasteiger partial charge < -0.3 is 10.2 Å². The topological polar surface area (TPSA) is 32.3 Å². The van der Waals surface area contributed by atoms with E-state index in [0.29, 0.717) is 11.8 Å². The third-order valence-corrected chi connectivity index (χ3v) is 3.98. The predicted molar refractivity (Wildman–Crippen MR) is 65.2 cm³/mol. The number of nitrogens with zero attached hydrogens (tertiary/aromatic N) is 1. The van der Waals surface area contributed by atoms with Crippen molar-refractivity contribution in [3.63, 3.8) is 0 Å². The van der Waals surface area contributed by atoms with Crippen LogP contribution in [0, 0.1) is 11.8 Å². The molecule has 1 N–H and O–H groups in total. The monoisotopic (exact) mass is 224 g/mol. The Morgan fingerprint density at radius 1 is 1.31 bits per heavy atom. The van der Waals surface area contributed by atoms with Gasteiger partial charge in [-0.1, -0.05) is 19.8 Å². The van der Waals surface area contributed by atoms with Gasteiger partial charge in [0, 0.05) is 32.6 Å². The minimum atomic E-state index is 0.389. The Kier molecular flexibility index (Phi) is 4.22. The highest BCUT2D eigenvalue weighted by Crippen LogP contribution is 2.31. The summed E-state index contributed by atoms with van der Waals surface area (Å²) in [5.41, 5.74) is 0. The summed E-state index contributed by atoms with van der Waals surface area (Å²) in [6, 6.07) is 0. The summed E-state index contributed by atoms with van der Waals surface area (Å²) in [7, 11) is 0. The first-order chi connectivity index (χ1) is 7.75. The maximum Gasteiger partial charge on any atom is 0.222 e.